The number of hydrogen-bond donors (Lipinski definition) is 1. The normalized spacial score (nSPS) is 18.2. The van der Waals surface area contributed by atoms with Crippen LogP contribution in [0.25, 0.3) is 10.8 Å². The van der Waals surface area contributed by atoms with Crippen molar-refractivity contribution in [2.24, 2.45) is 0 Å². The van der Waals surface area contributed by atoms with Gasteiger partial charge in [-0.05, 0) is 68.7 Å². The van der Waals surface area contributed by atoms with Crippen molar-refractivity contribution in [3.63, 3.8) is 0 Å². The molecule has 1 aliphatic rings. The van der Waals surface area contributed by atoms with E-state index in [4.69, 9.17) is 9.31 Å². The highest BCUT2D eigenvalue weighted by atomic mass is 16.7. The molecule has 1 saturated heterocycles. The molecule has 31 heavy (non-hydrogen) atoms. The van der Waals surface area contributed by atoms with Crippen molar-refractivity contribution in [3.05, 3.63) is 72.1 Å². The summed E-state index contributed by atoms with van der Waals surface area (Å²) in [5.74, 6) is -0.0911. The third-order valence-corrected chi connectivity index (χ3v) is 6.45. The van der Waals surface area contributed by atoms with Crippen molar-refractivity contribution in [1.29, 1.82) is 0 Å². The third-order valence-electron chi connectivity index (χ3n) is 6.45. The molecule has 1 fully saturated rings. The molecule has 1 amide bonds. The Hall–Kier alpha value is -2.70. The van der Waals surface area contributed by atoms with Crippen LogP contribution in [0.1, 0.15) is 63.0 Å². The minimum absolute atomic E-state index is 0.0911. The van der Waals surface area contributed by atoms with Crippen LogP contribution in [0.3, 0.4) is 0 Å². The fourth-order valence-electron chi connectivity index (χ4n) is 3.79. The van der Waals surface area contributed by atoms with E-state index in [0.717, 1.165) is 28.2 Å². The average molecular weight is 416 g/mol. The van der Waals surface area contributed by atoms with Crippen molar-refractivity contribution >= 4 is 29.3 Å². The van der Waals surface area contributed by atoms with E-state index in [2.05, 4.69) is 23.3 Å². The zero-order valence-corrected chi connectivity index (χ0v) is 18.8. The van der Waals surface area contributed by atoms with E-state index >= 15 is 0 Å². The first-order valence-electron chi connectivity index (χ1n) is 10.8. The molecule has 0 aliphatic carbocycles. The van der Waals surface area contributed by atoms with Crippen LogP contribution in [0.5, 0.6) is 0 Å². The fourth-order valence-corrected chi connectivity index (χ4v) is 3.79. The minimum Gasteiger partial charge on any atom is -0.399 e. The summed E-state index contributed by atoms with van der Waals surface area (Å²) in [7, 11) is -0.424. The van der Waals surface area contributed by atoms with Crippen molar-refractivity contribution < 1.29 is 14.1 Å². The second kappa shape index (κ2) is 8.10. The first-order chi connectivity index (χ1) is 14.7. The maximum atomic E-state index is 13.0. The van der Waals surface area contributed by atoms with Crippen LogP contribution in [-0.4, -0.2) is 29.2 Å². The molecule has 0 unspecified atom stereocenters. The average Bonchev–Trinajstić information content (AvgIpc) is 2.98. The molecule has 0 saturated carbocycles. The van der Waals surface area contributed by atoms with Gasteiger partial charge in [0.25, 0.3) is 5.91 Å². The van der Waals surface area contributed by atoms with Crippen LogP contribution >= 0.6 is 0 Å². The number of nitrogens with zero attached hydrogens (tertiary/aromatic N) is 1. The first kappa shape index (κ1) is 21.5. The van der Waals surface area contributed by atoms with Gasteiger partial charge in [-0.25, -0.2) is 0 Å². The molecule has 2 aromatic carbocycles. The zero-order valence-electron chi connectivity index (χ0n) is 18.8. The molecular weight excluding hydrogens is 387 g/mol. The minimum atomic E-state index is -0.424. The van der Waals surface area contributed by atoms with E-state index in [1.54, 1.807) is 12.4 Å². The van der Waals surface area contributed by atoms with E-state index in [1.807, 2.05) is 70.2 Å². The highest BCUT2D eigenvalue weighted by Gasteiger charge is 2.51. The van der Waals surface area contributed by atoms with Crippen LogP contribution in [0, 0.1) is 0 Å². The van der Waals surface area contributed by atoms with Crippen LogP contribution in [0.2, 0.25) is 0 Å². The number of benzene rings is 2. The smallest absolute Gasteiger partial charge is 0.399 e. The van der Waals surface area contributed by atoms with Crippen LogP contribution in [-0.2, 0) is 9.31 Å². The highest BCUT2D eigenvalue weighted by Crippen LogP contribution is 2.36. The van der Waals surface area contributed by atoms with Gasteiger partial charge >= 0.3 is 7.12 Å². The third kappa shape index (κ3) is 4.23. The maximum Gasteiger partial charge on any atom is 0.494 e. The van der Waals surface area contributed by atoms with Gasteiger partial charge in [0.05, 0.1) is 17.2 Å². The largest absolute Gasteiger partial charge is 0.494 e. The quantitative estimate of drug-likeness (QED) is 0.626. The Morgan fingerprint density at radius 2 is 1.77 bits per heavy atom. The summed E-state index contributed by atoms with van der Waals surface area (Å²) in [4.78, 5) is 17.1. The summed E-state index contributed by atoms with van der Waals surface area (Å²) in [5, 5.41) is 5.19. The van der Waals surface area contributed by atoms with Gasteiger partial charge in [-0.3, -0.25) is 9.78 Å². The van der Waals surface area contributed by atoms with Gasteiger partial charge < -0.3 is 14.6 Å². The lowest BCUT2D eigenvalue weighted by Gasteiger charge is -2.32. The van der Waals surface area contributed by atoms with Crippen molar-refractivity contribution in [1.82, 2.24) is 10.3 Å². The van der Waals surface area contributed by atoms with Gasteiger partial charge in [0.15, 0.2) is 0 Å². The molecule has 1 aromatic heterocycles. The predicted molar refractivity (Wildman–Crippen MR) is 124 cm³/mol. The topological polar surface area (TPSA) is 60.5 Å². The number of amides is 1. The highest BCUT2D eigenvalue weighted by molar-refractivity contribution is 6.62. The van der Waals surface area contributed by atoms with Crippen molar-refractivity contribution in [2.75, 3.05) is 0 Å². The van der Waals surface area contributed by atoms with E-state index in [-0.39, 0.29) is 11.9 Å². The summed E-state index contributed by atoms with van der Waals surface area (Å²) < 4.78 is 12.4. The van der Waals surface area contributed by atoms with Crippen molar-refractivity contribution in [2.45, 2.75) is 58.3 Å². The molecule has 160 valence electrons. The van der Waals surface area contributed by atoms with Crippen molar-refractivity contribution in [3.8, 4) is 0 Å². The van der Waals surface area contributed by atoms with Gasteiger partial charge in [0.1, 0.15) is 0 Å². The number of carbonyl (C=O) groups is 1. The molecule has 5 nitrogen and oxygen atoms in total. The van der Waals surface area contributed by atoms with E-state index < -0.39 is 18.3 Å². The first-order valence-corrected chi connectivity index (χ1v) is 10.8. The number of fused-ring (bicyclic) bond motifs is 1. The monoisotopic (exact) mass is 416 g/mol. The Labute approximate surface area is 184 Å². The lowest BCUT2D eigenvalue weighted by atomic mass is 9.78. The Morgan fingerprint density at radius 3 is 2.48 bits per heavy atom. The Kier molecular flexibility index (Phi) is 5.62. The molecule has 0 spiro atoms. The van der Waals surface area contributed by atoms with Gasteiger partial charge in [0, 0.05) is 23.3 Å². The van der Waals surface area contributed by atoms with Crippen LogP contribution in [0.15, 0.2) is 60.9 Å². The molecule has 4 rings (SSSR count). The molecule has 6 heteroatoms. The number of pyridine rings is 1. The molecule has 0 bridgehead atoms. The van der Waals surface area contributed by atoms with E-state index in [0.29, 0.717) is 5.56 Å². The zero-order chi connectivity index (χ0) is 22.2. The number of hydrogen-bond acceptors (Lipinski definition) is 4. The molecule has 1 N–H and O–H groups in total. The van der Waals surface area contributed by atoms with Gasteiger partial charge in [-0.15, -0.1) is 0 Å². The Bertz CT molecular complexity index is 1100. The van der Waals surface area contributed by atoms with Crippen LogP contribution < -0.4 is 10.8 Å². The Balaban J connectivity index is 1.54. The standard InChI is InChI=1S/C25H29BN2O3/c1-6-22(28-23(29)19-10-11-20-16-27-13-12-17(20)14-19)18-8-7-9-21(15-18)26-30-24(2,3)25(4,5)31-26/h7-16,22H,6H2,1-5H3,(H,28,29)/t22-/m1/s1. The Morgan fingerprint density at radius 1 is 1.03 bits per heavy atom. The second-order valence-corrected chi connectivity index (χ2v) is 9.13. The van der Waals surface area contributed by atoms with E-state index in [9.17, 15) is 4.79 Å². The molecule has 1 atom stereocenters. The number of nitrogens with one attached hydrogen (secondary N) is 1. The summed E-state index contributed by atoms with van der Waals surface area (Å²) in [6.07, 6.45) is 4.31. The molecule has 3 aromatic rings. The summed E-state index contributed by atoms with van der Waals surface area (Å²) in [5.41, 5.74) is 1.85. The summed E-state index contributed by atoms with van der Waals surface area (Å²) in [6.45, 7) is 10.3. The summed E-state index contributed by atoms with van der Waals surface area (Å²) in [6, 6.07) is 15.6. The number of carbonyl (C=O) groups excluding carboxylic acids is 1. The summed E-state index contributed by atoms with van der Waals surface area (Å²) >= 11 is 0. The number of aromatic nitrogens is 1. The molecular formula is C25H29BN2O3. The van der Waals surface area contributed by atoms with Crippen LogP contribution in [0.4, 0.5) is 0 Å². The molecule has 2 heterocycles. The SMILES string of the molecule is CC[C@@H](NC(=O)c1ccc2cnccc2c1)c1cccc(B2OC(C)(C)C(C)(C)O2)c1. The van der Waals surface area contributed by atoms with Gasteiger partial charge in [-0.1, -0.05) is 37.3 Å². The maximum absolute atomic E-state index is 13.0. The second-order valence-electron chi connectivity index (χ2n) is 9.13. The lowest BCUT2D eigenvalue weighted by Crippen LogP contribution is -2.41. The fraction of sp³-hybridized carbons (Fsp3) is 0.360. The van der Waals surface area contributed by atoms with E-state index in [1.165, 1.54) is 0 Å². The predicted octanol–water partition coefficient (Wildman–Crippen LogP) is 4.42. The molecule has 0 radical (unpaired) electrons. The molecule has 1 aliphatic heterocycles. The van der Waals surface area contributed by atoms with Gasteiger partial charge in [0.2, 0.25) is 0 Å². The lowest BCUT2D eigenvalue weighted by molar-refractivity contribution is 0.00578. The number of rotatable bonds is 5. The van der Waals surface area contributed by atoms with Gasteiger partial charge in [-0.2, -0.15) is 0 Å².